The fourth-order valence-electron chi connectivity index (χ4n) is 1.95. The molecule has 0 bridgehead atoms. The minimum Gasteiger partial charge on any atom is -0.496 e. The van der Waals surface area contributed by atoms with E-state index in [1.54, 1.807) is 13.2 Å². The predicted molar refractivity (Wildman–Crippen MR) is 66.4 cm³/mol. The largest absolute Gasteiger partial charge is 0.496 e. The van der Waals surface area contributed by atoms with Gasteiger partial charge >= 0.3 is 0 Å². The molecule has 6 heteroatoms. The van der Waals surface area contributed by atoms with Gasteiger partial charge in [0.15, 0.2) is 0 Å². The average molecular weight is 272 g/mol. The summed E-state index contributed by atoms with van der Waals surface area (Å²) in [6.45, 7) is 1.94. The van der Waals surface area contributed by atoms with Crippen molar-refractivity contribution in [2.24, 2.45) is 0 Å². The third-order valence-electron chi connectivity index (χ3n) is 2.73. The summed E-state index contributed by atoms with van der Waals surface area (Å²) in [4.78, 5) is 0. The Kier molecular flexibility index (Phi) is 3.49. The van der Waals surface area contributed by atoms with Crippen LogP contribution in [0.3, 0.4) is 0 Å². The van der Waals surface area contributed by atoms with Gasteiger partial charge in [-0.15, -0.1) is 0 Å². The summed E-state index contributed by atoms with van der Waals surface area (Å²) in [5.74, 6) is 1.39. The molecule has 0 saturated carbocycles. The van der Waals surface area contributed by atoms with Crippen molar-refractivity contribution in [3.63, 3.8) is 0 Å². The van der Waals surface area contributed by atoms with Gasteiger partial charge in [-0.05, 0) is 19.1 Å². The zero-order valence-corrected chi connectivity index (χ0v) is 11.4. The van der Waals surface area contributed by atoms with Crippen LogP contribution in [-0.4, -0.2) is 27.9 Å². The van der Waals surface area contributed by atoms with Crippen LogP contribution in [0.1, 0.15) is 18.1 Å². The van der Waals surface area contributed by atoms with Crippen molar-refractivity contribution >= 4 is 10.1 Å². The maximum atomic E-state index is 11.0. The van der Waals surface area contributed by atoms with E-state index in [0.29, 0.717) is 11.3 Å². The molecule has 0 amide bonds. The molecular weight excluding hydrogens is 256 g/mol. The van der Waals surface area contributed by atoms with Gasteiger partial charge in [0.05, 0.1) is 20.0 Å². The topological polar surface area (TPSA) is 61.8 Å². The molecule has 1 atom stereocenters. The molecule has 0 aromatic heterocycles. The summed E-state index contributed by atoms with van der Waals surface area (Å²) in [7, 11) is -1.92. The van der Waals surface area contributed by atoms with Crippen LogP contribution in [-0.2, 0) is 27.3 Å². The Morgan fingerprint density at radius 2 is 2.17 bits per heavy atom. The van der Waals surface area contributed by atoms with Crippen molar-refractivity contribution in [3.8, 4) is 11.5 Å². The van der Waals surface area contributed by atoms with Crippen LogP contribution in [0.15, 0.2) is 12.1 Å². The van der Waals surface area contributed by atoms with Crippen LogP contribution in [0, 0.1) is 0 Å². The van der Waals surface area contributed by atoms with Crippen molar-refractivity contribution < 1.29 is 22.1 Å². The Balaban J connectivity index is 2.27. The minimum atomic E-state index is -3.47. The lowest BCUT2D eigenvalue weighted by atomic mass is 10.1. The van der Waals surface area contributed by atoms with E-state index in [2.05, 4.69) is 0 Å². The molecule has 1 aromatic rings. The van der Waals surface area contributed by atoms with Gasteiger partial charge in [0.2, 0.25) is 0 Å². The van der Waals surface area contributed by atoms with Crippen molar-refractivity contribution in [1.82, 2.24) is 0 Å². The zero-order chi connectivity index (χ0) is 13.3. The van der Waals surface area contributed by atoms with E-state index in [1.165, 1.54) is 0 Å². The quantitative estimate of drug-likeness (QED) is 0.777. The van der Waals surface area contributed by atoms with Gasteiger partial charge in [-0.2, -0.15) is 8.42 Å². The molecule has 0 saturated heterocycles. The predicted octanol–water partition coefficient (Wildman–Crippen LogP) is 1.49. The van der Waals surface area contributed by atoms with E-state index in [9.17, 15) is 8.42 Å². The molecule has 2 rings (SSSR count). The summed E-state index contributed by atoms with van der Waals surface area (Å²) < 4.78 is 37.6. The van der Waals surface area contributed by atoms with E-state index in [-0.39, 0.29) is 12.7 Å². The monoisotopic (exact) mass is 272 g/mol. The maximum Gasteiger partial charge on any atom is 0.264 e. The summed E-state index contributed by atoms with van der Waals surface area (Å²) in [6, 6.07) is 3.66. The van der Waals surface area contributed by atoms with Gasteiger partial charge in [0.1, 0.15) is 17.6 Å². The molecule has 0 spiro atoms. The van der Waals surface area contributed by atoms with Gasteiger partial charge in [0.25, 0.3) is 10.1 Å². The van der Waals surface area contributed by atoms with Gasteiger partial charge in [0, 0.05) is 17.5 Å². The third kappa shape index (κ3) is 2.94. The van der Waals surface area contributed by atoms with Gasteiger partial charge < -0.3 is 9.47 Å². The lowest BCUT2D eigenvalue weighted by Crippen LogP contribution is -2.05. The van der Waals surface area contributed by atoms with E-state index in [4.69, 9.17) is 13.7 Å². The second-order valence-electron chi connectivity index (χ2n) is 4.37. The molecular formula is C12H16O5S. The Morgan fingerprint density at radius 1 is 1.44 bits per heavy atom. The molecule has 1 unspecified atom stereocenters. The van der Waals surface area contributed by atoms with Gasteiger partial charge in [-0.25, -0.2) is 0 Å². The third-order valence-corrected chi connectivity index (χ3v) is 3.27. The first-order valence-electron chi connectivity index (χ1n) is 5.60. The molecule has 0 N–H and O–H groups in total. The number of hydrogen-bond acceptors (Lipinski definition) is 5. The Morgan fingerprint density at radius 3 is 2.78 bits per heavy atom. The number of rotatable bonds is 4. The molecule has 0 radical (unpaired) electrons. The number of hydrogen-bond donors (Lipinski definition) is 0. The average Bonchev–Trinajstić information content (AvgIpc) is 2.63. The first-order chi connectivity index (χ1) is 8.39. The van der Waals surface area contributed by atoms with E-state index in [1.807, 2.05) is 13.0 Å². The van der Waals surface area contributed by atoms with E-state index < -0.39 is 10.1 Å². The smallest absolute Gasteiger partial charge is 0.264 e. The van der Waals surface area contributed by atoms with Crippen LogP contribution < -0.4 is 9.47 Å². The highest BCUT2D eigenvalue weighted by Gasteiger charge is 2.22. The molecule has 1 aliphatic heterocycles. The number of ether oxygens (including phenoxy) is 2. The fraction of sp³-hybridized carbons (Fsp3) is 0.500. The molecule has 1 heterocycles. The van der Waals surface area contributed by atoms with Crippen LogP contribution in [0.5, 0.6) is 11.5 Å². The second-order valence-corrected chi connectivity index (χ2v) is 6.01. The number of methoxy groups -OCH3 is 1. The van der Waals surface area contributed by atoms with Crippen LogP contribution in [0.4, 0.5) is 0 Å². The fourth-order valence-corrected chi connectivity index (χ4v) is 2.30. The highest BCUT2D eigenvalue weighted by atomic mass is 32.2. The molecule has 0 aliphatic carbocycles. The van der Waals surface area contributed by atoms with Crippen molar-refractivity contribution in [2.75, 3.05) is 13.4 Å². The highest BCUT2D eigenvalue weighted by Crippen LogP contribution is 2.35. The molecule has 18 heavy (non-hydrogen) atoms. The lowest BCUT2D eigenvalue weighted by molar-refractivity contribution is 0.253. The van der Waals surface area contributed by atoms with E-state index >= 15 is 0 Å². The highest BCUT2D eigenvalue weighted by molar-refractivity contribution is 7.85. The Bertz CT molecular complexity index is 550. The second kappa shape index (κ2) is 4.78. The van der Waals surface area contributed by atoms with Crippen molar-refractivity contribution in [3.05, 3.63) is 23.3 Å². The summed E-state index contributed by atoms with van der Waals surface area (Å²) in [5.41, 5.74) is 1.73. The normalized spacial score (nSPS) is 18.3. The lowest BCUT2D eigenvalue weighted by Gasteiger charge is -2.10. The number of benzene rings is 1. The molecule has 1 aliphatic rings. The summed E-state index contributed by atoms with van der Waals surface area (Å²) in [5, 5.41) is 0. The summed E-state index contributed by atoms with van der Waals surface area (Å²) >= 11 is 0. The Labute approximate surface area is 107 Å². The van der Waals surface area contributed by atoms with Crippen LogP contribution >= 0.6 is 0 Å². The SMILES string of the molecule is COc1cc2c(cc1COS(C)(=O)=O)OC(C)C2. The maximum absolute atomic E-state index is 11.0. The molecule has 0 fully saturated rings. The Hall–Kier alpha value is -1.27. The zero-order valence-electron chi connectivity index (χ0n) is 10.6. The molecule has 1 aromatic carbocycles. The standard InChI is InChI=1S/C12H16O5S/c1-8-4-9-5-11(15-2)10(6-12(9)17-8)7-16-18(3,13)14/h5-6,8H,4,7H2,1-3H3. The minimum absolute atomic E-state index is 0.0486. The molecule has 100 valence electrons. The van der Waals surface area contributed by atoms with Gasteiger partial charge in [-0.1, -0.05) is 0 Å². The van der Waals surface area contributed by atoms with Gasteiger partial charge in [-0.3, -0.25) is 4.18 Å². The summed E-state index contributed by atoms with van der Waals surface area (Å²) in [6.07, 6.45) is 1.99. The van der Waals surface area contributed by atoms with Crippen molar-refractivity contribution in [1.29, 1.82) is 0 Å². The first kappa shape index (κ1) is 13.2. The first-order valence-corrected chi connectivity index (χ1v) is 7.41. The number of fused-ring (bicyclic) bond motifs is 1. The van der Waals surface area contributed by atoms with Crippen LogP contribution in [0.2, 0.25) is 0 Å². The van der Waals surface area contributed by atoms with E-state index in [0.717, 1.165) is 24.0 Å². The van der Waals surface area contributed by atoms with Crippen molar-refractivity contribution in [2.45, 2.75) is 26.1 Å². The molecule has 5 nitrogen and oxygen atoms in total. The van der Waals surface area contributed by atoms with Crippen LogP contribution in [0.25, 0.3) is 0 Å².